The molecule has 0 saturated heterocycles. The summed E-state index contributed by atoms with van der Waals surface area (Å²) in [5.74, 6) is -7.72. The Bertz CT molecular complexity index is 905. The Hall–Kier alpha value is -2.88. The average Bonchev–Trinajstić information content (AvgIpc) is 2.62. The van der Waals surface area contributed by atoms with E-state index in [0.717, 1.165) is 17.2 Å². The van der Waals surface area contributed by atoms with E-state index in [0.29, 0.717) is 12.1 Å². The molecular weight excluding hydrogens is 428 g/mol. The van der Waals surface area contributed by atoms with Gasteiger partial charge < -0.3 is 0 Å². The van der Waals surface area contributed by atoms with Crippen LogP contribution in [-0.4, -0.2) is 30.9 Å². The Kier molecular flexibility index (Phi) is 13.1. The fourth-order valence-corrected chi connectivity index (χ4v) is 2.12. The Morgan fingerprint density at radius 3 is 1.55 bits per heavy atom. The van der Waals surface area contributed by atoms with Crippen molar-refractivity contribution in [2.45, 2.75) is 34.6 Å². The second kappa shape index (κ2) is 13.4. The Morgan fingerprint density at radius 2 is 1.19 bits per heavy atom. The predicted octanol–water partition coefficient (Wildman–Crippen LogP) is 5.17. The maximum absolute atomic E-state index is 13.2. The molecule has 0 aliphatic heterocycles. The molecule has 0 aliphatic carbocycles. The Morgan fingerprint density at radius 1 is 0.806 bits per heavy atom. The number of carbonyl (C=O) groups is 2. The number of halogens is 6. The van der Waals surface area contributed by atoms with Gasteiger partial charge in [-0.3, -0.25) is 14.4 Å². The van der Waals surface area contributed by atoms with Crippen LogP contribution in [0.1, 0.15) is 32.9 Å². The number of Topliss-reactive ketones (excluding diaryl/α,β-unsaturated/α-hetero) is 1. The number of nitrogens with zero attached hydrogens (tertiary/aromatic N) is 1. The Labute approximate surface area is 177 Å². The number of likely N-dealkylation sites (N-methyl/N-ethyl adjacent to an activating group) is 1. The van der Waals surface area contributed by atoms with Gasteiger partial charge in [-0.15, -0.1) is 0 Å². The van der Waals surface area contributed by atoms with Crippen molar-refractivity contribution in [3.05, 3.63) is 70.3 Å². The van der Waals surface area contributed by atoms with Crippen LogP contribution in [0.3, 0.4) is 0 Å². The number of amides is 1. The van der Waals surface area contributed by atoms with Crippen molar-refractivity contribution in [1.29, 1.82) is 0 Å². The van der Waals surface area contributed by atoms with Crippen LogP contribution in [-0.2, 0) is 27.3 Å². The molecule has 0 spiro atoms. The van der Waals surface area contributed by atoms with Crippen molar-refractivity contribution >= 4 is 11.7 Å². The maximum Gasteiger partial charge on any atom is 0.250 e. The quantitative estimate of drug-likeness (QED) is 0.356. The average molecular weight is 453 g/mol. The monoisotopic (exact) mass is 453 g/mol. The molecule has 2 aromatic rings. The normalized spacial score (nSPS) is 9.58. The van der Waals surface area contributed by atoms with E-state index in [9.17, 15) is 35.9 Å². The van der Waals surface area contributed by atoms with Gasteiger partial charge in [-0.2, -0.15) is 0 Å². The first kappa shape index (κ1) is 30.3. The van der Waals surface area contributed by atoms with Gasteiger partial charge in [0, 0.05) is 36.7 Å². The first-order valence-corrected chi connectivity index (χ1v) is 8.03. The van der Waals surface area contributed by atoms with Crippen molar-refractivity contribution in [3.63, 3.8) is 0 Å². The minimum absolute atomic E-state index is 0. The SMILES string of the molecule is C.C.CC(=O)Cc1cc(F)cc(F)c1F.CON(C)C(=O)Cc1cc(F)cc(F)c1F. The fourth-order valence-electron chi connectivity index (χ4n) is 2.12. The van der Waals surface area contributed by atoms with Crippen molar-refractivity contribution in [1.82, 2.24) is 5.06 Å². The highest BCUT2D eigenvalue weighted by molar-refractivity contribution is 5.78. The molecule has 0 radical (unpaired) electrons. The molecule has 1 amide bonds. The van der Waals surface area contributed by atoms with E-state index in [-0.39, 0.29) is 38.2 Å². The Balaban J connectivity index is 0. The van der Waals surface area contributed by atoms with Gasteiger partial charge in [0.1, 0.15) is 17.4 Å². The zero-order valence-corrected chi connectivity index (χ0v) is 15.7. The second-order valence-electron chi connectivity index (χ2n) is 5.85. The van der Waals surface area contributed by atoms with E-state index in [4.69, 9.17) is 0 Å². The second-order valence-corrected chi connectivity index (χ2v) is 5.85. The minimum Gasteiger partial charge on any atom is -0.300 e. The zero-order chi connectivity index (χ0) is 22.3. The summed E-state index contributed by atoms with van der Waals surface area (Å²) in [6, 6.07) is 2.46. The number of hydroxylamine groups is 2. The summed E-state index contributed by atoms with van der Waals surface area (Å²) in [6.45, 7) is 1.22. The van der Waals surface area contributed by atoms with Gasteiger partial charge in [-0.1, -0.05) is 14.9 Å². The molecule has 0 aromatic heterocycles. The smallest absolute Gasteiger partial charge is 0.250 e. The van der Waals surface area contributed by atoms with E-state index in [1.54, 1.807) is 0 Å². The lowest BCUT2D eigenvalue weighted by Crippen LogP contribution is -2.27. The molecule has 2 aromatic carbocycles. The largest absolute Gasteiger partial charge is 0.300 e. The number of rotatable bonds is 5. The number of benzene rings is 2. The van der Waals surface area contributed by atoms with Crippen LogP contribution in [0.2, 0.25) is 0 Å². The highest BCUT2D eigenvalue weighted by Crippen LogP contribution is 2.16. The summed E-state index contributed by atoms with van der Waals surface area (Å²) in [7, 11) is 2.57. The van der Waals surface area contributed by atoms with Gasteiger partial charge in [-0.25, -0.2) is 31.4 Å². The standard InChI is InChI=1S/C10H10F3NO2.C9H7F3O.2CH4/c1-14(16-2)9(15)4-6-3-7(11)5-8(12)10(6)13;1-5(13)2-6-3-7(10)4-8(11)9(6)12;;/h3,5H,4H2,1-2H3;3-4H,2H2,1H3;2*1H4. The van der Waals surface area contributed by atoms with E-state index in [1.165, 1.54) is 21.1 Å². The van der Waals surface area contributed by atoms with Gasteiger partial charge >= 0.3 is 0 Å². The summed E-state index contributed by atoms with van der Waals surface area (Å²) >= 11 is 0. The topological polar surface area (TPSA) is 46.6 Å². The van der Waals surface area contributed by atoms with Gasteiger partial charge in [-0.05, 0) is 19.1 Å². The maximum atomic E-state index is 13.2. The summed E-state index contributed by atoms with van der Waals surface area (Å²) < 4.78 is 76.7. The molecule has 0 unspecified atom stereocenters. The summed E-state index contributed by atoms with van der Waals surface area (Å²) in [6.07, 6.45) is -0.759. The van der Waals surface area contributed by atoms with Gasteiger partial charge in [0.25, 0.3) is 0 Å². The van der Waals surface area contributed by atoms with E-state index in [1.807, 2.05) is 0 Å². The molecule has 0 bridgehead atoms. The summed E-state index contributed by atoms with van der Waals surface area (Å²) in [5, 5.41) is 0.849. The van der Waals surface area contributed by atoms with Crippen LogP contribution >= 0.6 is 0 Å². The molecule has 31 heavy (non-hydrogen) atoms. The molecule has 10 heteroatoms. The minimum atomic E-state index is -1.32. The molecule has 2 rings (SSSR count). The molecule has 0 heterocycles. The zero-order valence-electron chi connectivity index (χ0n) is 15.7. The third kappa shape index (κ3) is 9.20. The van der Waals surface area contributed by atoms with Crippen LogP contribution in [0.5, 0.6) is 0 Å². The lowest BCUT2D eigenvalue weighted by molar-refractivity contribution is -0.167. The number of hydrogen-bond donors (Lipinski definition) is 0. The summed E-state index contributed by atoms with van der Waals surface area (Å²) in [4.78, 5) is 26.4. The molecule has 0 fully saturated rings. The summed E-state index contributed by atoms with van der Waals surface area (Å²) in [5.41, 5.74) is -0.587. The molecule has 0 aliphatic rings. The van der Waals surface area contributed by atoms with Gasteiger partial charge in [0.05, 0.1) is 13.5 Å². The molecular formula is C21H25F6NO3. The first-order valence-electron chi connectivity index (χ1n) is 8.03. The third-order valence-corrected chi connectivity index (χ3v) is 3.54. The van der Waals surface area contributed by atoms with Gasteiger partial charge in [0.15, 0.2) is 23.3 Å². The molecule has 0 N–H and O–H groups in total. The molecule has 174 valence electrons. The van der Waals surface area contributed by atoms with Crippen LogP contribution < -0.4 is 0 Å². The van der Waals surface area contributed by atoms with Gasteiger partial charge in [0.2, 0.25) is 5.91 Å². The van der Waals surface area contributed by atoms with E-state index >= 15 is 0 Å². The highest BCUT2D eigenvalue weighted by atomic mass is 19.2. The molecule has 4 nitrogen and oxygen atoms in total. The number of hydrogen-bond acceptors (Lipinski definition) is 3. The van der Waals surface area contributed by atoms with Crippen LogP contribution in [0.15, 0.2) is 24.3 Å². The number of ketones is 1. The first-order chi connectivity index (χ1) is 13.5. The predicted molar refractivity (Wildman–Crippen MR) is 104 cm³/mol. The van der Waals surface area contributed by atoms with Crippen LogP contribution in [0, 0.1) is 34.9 Å². The molecule has 0 saturated carbocycles. The third-order valence-electron chi connectivity index (χ3n) is 3.54. The van der Waals surface area contributed by atoms with Crippen molar-refractivity contribution < 1.29 is 40.8 Å². The van der Waals surface area contributed by atoms with E-state index < -0.39 is 47.2 Å². The van der Waals surface area contributed by atoms with Crippen LogP contribution in [0.4, 0.5) is 26.3 Å². The lowest BCUT2D eigenvalue weighted by Gasteiger charge is -2.13. The van der Waals surface area contributed by atoms with Crippen molar-refractivity contribution in [3.8, 4) is 0 Å². The highest BCUT2D eigenvalue weighted by Gasteiger charge is 2.16. The fraction of sp³-hybridized carbons (Fsp3) is 0.333. The van der Waals surface area contributed by atoms with Crippen molar-refractivity contribution in [2.24, 2.45) is 0 Å². The number of carbonyl (C=O) groups excluding carboxylic acids is 2. The molecule has 0 atom stereocenters. The van der Waals surface area contributed by atoms with Crippen LogP contribution in [0.25, 0.3) is 0 Å². The van der Waals surface area contributed by atoms with E-state index in [2.05, 4.69) is 4.84 Å². The lowest BCUT2D eigenvalue weighted by atomic mass is 10.1. The van der Waals surface area contributed by atoms with Crippen molar-refractivity contribution in [2.75, 3.05) is 14.2 Å².